The predicted octanol–water partition coefficient (Wildman–Crippen LogP) is 3.34. The third kappa shape index (κ3) is 9.46. The summed E-state index contributed by atoms with van der Waals surface area (Å²) in [4.78, 5) is 23.7. The van der Waals surface area contributed by atoms with Crippen LogP contribution in [0.5, 0.6) is 0 Å². The SMILES string of the molecule is CC.CC(NC(=O)c1ccc(C#Cc2ccc(CN3CCOCC3)cc2)cc1)C1(N)CC1.COC=O. The first-order valence-corrected chi connectivity index (χ1v) is 12.5. The summed E-state index contributed by atoms with van der Waals surface area (Å²) in [6, 6.07) is 15.8. The summed E-state index contributed by atoms with van der Waals surface area (Å²) in [6.07, 6.45) is 1.94. The molecular formula is C29H39N3O4. The second kappa shape index (κ2) is 15.0. The molecule has 2 aromatic rings. The van der Waals surface area contributed by atoms with Gasteiger partial charge in [-0.25, -0.2) is 0 Å². The van der Waals surface area contributed by atoms with E-state index in [1.807, 2.05) is 45.0 Å². The molecule has 2 aromatic carbocycles. The number of ether oxygens (including phenoxy) is 2. The van der Waals surface area contributed by atoms with Crippen molar-refractivity contribution in [2.24, 2.45) is 5.73 Å². The third-order valence-corrected chi connectivity index (χ3v) is 6.10. The molecule has 7 nitrogen and oxygen atoms in total. The summed E-state index contributed by atoms with van der Waals surface area (Å²) in [5.41, 5.74) is 9.71. The largest absolute Gasteiger partial charge is 0.471 e. The molecule has 194 valence electrons. The van der Waals surface area contributed by atoms with Crippen LogP contribution in [0.4, 0.5) is 0 Å². The molecule has 1 atom stereocenters. The van der Waals surface area contributed by atoms with Crippen LogP contribution in [0.25, 0.3) is 0 Å². The number of hydrogen-bond acceptors (Lipinski definition) is 6. The van der Waals surface area contributed by atoms with Crippen molar-refractivity contribution >= 4 is 12.4 Å². The van der Waals surface area contributed by atoms with Crippen LogP contribution < -0.4 is 11.1 Å². The van der Waals surface area contributed by atoms with Crippen molar-refractivity contribution in [2.75, 3.05) is 33.4 Å². The Balaban J connectivity index is 0.000000694. The van der Waals surface area contributed by atoms with Crippen LogP contribution >= 0.6 is 0 Å². The van der Waals surface area contributed by atoms with E-state index in [1.165, 1.54) is 12.7 Å². The van der Waals surface area contributed by atoms with Crippen molar-refractivity contribution in [3.05, 3.63) is 70.8 Å². The van der Waals surface area contributed by atoms with Crippen LogP contribution in [0.15, 0.2) is 48.5 Å². The minimum atomic E-state index is -0.223. The maximum Gasteiger partial charge on any atom is 0.292 e. The molecule has 2 fully saturated rings. The highest BCUT2D eigenvalue weighted by Gasteiger charge is 2.44. The van der Waals surface area contributed by atoms with E-state index in [0.717, 1.165) is 56.8 Å². The Bertz CT molecular complexity index is 1000. The van der Waals surface area contributed by atoms with E-state index in [1.54, 1.807) is 0 Å². The summed E-state index contributed by atoms with van der Waals surface area (Å²) in [6.45, 7) is 10.9. The monoisotopic (exact) mass is 493 g/mol. The van der Waals surface area contributed by atoms with Crippen molar-refractivity contribution in [3.8, 4) is 11.8 Å². The number of carbonyl (C=O) groups excluding carboxylic acids is 2. The van der Waals surface area contributed by atoms with Gasteiger partial charge in [-0.3, -0.25) is 14.5 Å². The topological polar surface area (TPSA) is 93.9 Å². The molecule has 0 radical (unpaired) electrons. The van der Waals surface area contributed by atoms with Gasteiger partial charge in [-0.05, 0) is 61.7 Å². The van der Waals surface area contributed by atoms with E-state index in [-0.39, 0.29) is 17.5 Å². The maximum atomic E-state index is 12.4. The molecule has 7 heteroatoms. The highest BCUT2D eigenvalue weighted by molar-refractivity contribution is 5.94. The highest BCUT2D eigenvalue weighted by atomic mass is 16.5. The normalized spacial score (nSPS) is 16.4. The van der Waals surface area contributed by atoms with E-state index in [9.17, 15) is 4.79 Å². The van der Waals surface area contributed by atoms with E-state index in [2.05, 4.69) is 51.1 Å². The number of hydrogen-bond donors (Lipinski definition) is 2. The van der Waals surface area contributed by atoms with Gasteiger partial charge >= 0.3 is 0 Å². The number of nitrogens with two attached hydrogens (primary N) is 1. The minimum absolute atomic E-state index is 0.0179. The number of amides is 1. The van der Waals surface area contributed by atoms with Gasteiger partial charge in [0, 0.05) is 47.9 Å². The van der Waals surface area contributed by atoms with Crippen molar-refractivity contribution in [1.29, 1.82) is 0 Å². The lowest BCUT2D eigenvalue weighted by molar-refractivity contribution is -0.126. The van der Waals surface area contributed by atoms with Gasteiger partial charge in [0.2, 0.25) is 0 Å². The first kappa shape index (κ1) is 29.1. The van der Waals surface area contributed by atoms with Gasteiger partial charge in [-0.1, -0.05) is 37.8 Å². The molecule has 1 aliphatic heterocycles. The van der Waals surface area contributed by atoms with Gasteiger partial charge < -0.3 is 20.5 Å². The van der Waals surface area contributed by atoms with Gasteiger partial charge in [-0.15, -0.1) is 0 Å². The van der Waals surface area contributed by atoms with Crippen molar-refractivity contribution in [3.63, 3.8) is 0 Å². The highest BCUT2D eigenvalue weighted by Crippen LogP contribution is 2.35. The molecule has 1 heterocycles. The molecule has 1 saturated heterocycles. The minimum Gasteiger partial charge on any atom is -0.471 e. The lowest BCUT2D eigenvalue weighted by Gasteiger charge is -2.26. The Morgan fingerprint density at radius 1 is 1.08 bits per heavy atom. The van der Waals surface area contributed by atoms with Crippen molar-refractivity contribution < 1.29 is 19.1 Å². The van der Waals surface area contributed by atoms with Crippen LogP contribution in [0.3, 0.4) is 0 Å². The maximum absolute atomic E-state index is 12.4. The summed E-state index contributed by atoms with van der Waals surface area (Å²) < 4.78 is 9.26. The Morgan fingerprint density at radius 3 is 2.06 bits per heavy atom. The van der Waals surface area contributed by atoms with Crippen LogP contribution in [0.1, 0.15) is 60.7 Å². The quantitative estimate of drug-likeness (QED) is 0.474. The van der Waals surface area contributed by atoms with E-state index >= 15 is 0 Å². The molecule has 1 unspecified atom stereocenters. The van der Waals surface area contributed by atoms with Gasteiger partial charge in [0.1, 0.15) is 0 Å². The number of carbonyl (C=O) groups is 2. The molecule has 2 aliphatic rings. The predicted molar refractivity (Wildman–Crippen MR) is 142 cm³/mol. The Kier molecular flexibility index (Phi) is 12.1. The van der Waals surface area contributed by atoms with Crippen LogP contribution in [-0.2, 0) is 20.8 Å². The smallest absolute Gasteiger partial charge is 0.292 e. The van der Waals surface area contributed by atoms with Gasteiger partial charge in [-0.2, -0.15) is 0 Å². The second-order valence-corrected chi connectivity index (χ2v) is 8.67. The lowest BCUT2D eigenvalue weighted by Crippen LogP contribution is -2.47. The zero-order valence-electron chi connectivity index (χ0n) is 21.9. The molecule has 4 rings (SSSR count). The van der Waals surface area contributed by atoms with Crippen LogP contribution in [0.2, 0.25) is 0 Å². The fraction of sp³-hybridized carbons (Fsp3) is 0.448. The number of nitrogens with zero attached hydrogens (tertiary/aromatic N) is 1. The standard InChI is InChI=1S/C25H29N3O2.C2H4O2.C2H6/c1-19(25(26)12-13-25)27-24(29)23-10-8-21(9-11-23)3-2-20-4-6-22(7-5-20)18-28-14-16-30-17-15-28;1-4-2-3;1-2/h4-11,19H,12-18,26H2,1H3,(H,27,29);2H,1H3;1-2H3. The zero-order valence-corrected chi connectivity index (χ0v) is 21.9. The van der Waals surface area contributed by atoms with Gasteiger partial charge in [0.25, 0.3) is 12.4 Å². The molecule has 1 aliphatic carbocycles. The molecule has 0 spiro atoms. The van der Waals surface area contributed by atoms with E-state index in [0.29, 0.717) is 12.0 Å². The first-order valence-electron chi connectivity index (χ1n) is 12.5. The summed E-state index contributed by atoms with van der Waals surface area (Å²) in [5, 5.41) is 3.00. The molecule has 1 amide bonds. The first-order chi connectivity index (χ1) is 17.4. The third-order valence-electron chi connectivity index (χ3n) is 6.10. The molecule has 0 aromatic heterocycles. The van der Waals surface area contributed by atoms with Crippen LogP contribution in [-0.4, -0.2) is 62.3 Å². The molecule has 0 bridgehead atoms. The van der Waals surface area contributed by atoms with Gasteiger partial charge in [0.15, 0.2) is 0 Å². The number of methoxy groups -OCH3 is 1. The van der Waals surface area contributed by atoms with Crippen molar-refractivity contribution in [1.82, 2.24) is 10.2 Å². The number of rotatable bonds is 6. The molecule has 3 N–H and O–H groups in total. The van der Waals surface area contributed by atoms with E-state index < -0.39 is 0 Å². The average molecular weight is 494 g/mol. The Labute approximate surface area is 215 Å². The summed E-state index contributed by atoms with van der Waals surface area (Å²) >= 11 is 0. The number of benzene rings is 2. The van der Waals surface area contributed by atoms with Crippen LogP contribution in [0, 0.1) is 11.8 Å². The Hall–Kier alpha value is -3.18. The van der Waals surface area contributed by atoms with Crippen molar-refractivity contribution in [2.45, 2.75) is 51.7 Å². The molecular weight excluding hydrogens is 454 g/mol. The number of nitrogens with one attached hydrogen (secondary N) is 1. The summed E-state index contributed by atoms with van der Waals surface area (Å²) in [7, 11) is 1.31. The average Bonchev–Trinajstić information content (AvgIpc) is 3.69. The van der Waals surface area contributed by atoms with E-state index in [4.69, 9.17) is 15.3 Å². The number of morpholine rings is 1. The lowest BCUT2D eigenvalue weighted by atomic mass is 10.1. The second-order valence-electron chi connectivity index (χ2n) is 8.67. The Morgan fingerprint density at radius 2 is 1.58 bits per heavy atom. The summed E-state index contributed by atoms with van der Waals surface area (Å²) in [5.74, 6) is 6.29. The molecule has 36 heavy (non-hydrogen) atoms. The fourth-order valence-electron chi connectivity index (χ4n) is 3.56. The zero-order chi connectivity index (χ0) is 26.4. The molecule has 1 saturated carbocycles. The van der Waals surface area contributed by atoms with Gasteiger partial charge in [0.05, 0.1) is 20.3 Å². The fourth-order valence-corrected chi connectivity index (χ4v) is 3.56.